The molecule has 2 heterocycles. The van der Waals surface area contributed by atoms with Crippen LogP contribution in [0.2, 0.25) is 0 Å². The molecule has 0 saturated carbocycles. The van der Waals surface area contributed by atoms with Crippen LogP contribution in [-0.2, 0) is 4.79 Å². The molecule has 2 aliphatic heterocycles. The van der Waals surface area contributed by atoms with Crippen LogP contribution >= 0.6 is 11.8 Å². The van der Waals surface area contributed by atoms with Gasteiger partial charge in [0.15, 0.2) is 0 Å². The van der Waals surface area contributed by atoms with Gasteiger partial charge < -0.3 is 10.0 Å². The second-order valence-corrected chi connectivity index (χ2v) is 7.39. The lowest BCUT2D eigenvalue weighted by Crippen LogP contribution is -2.49. The van der Waals surface area contributed by atoms with Gasteiger partial charge in [-0.15, -0.1) is 0 Å². The van der Waals surface area contributed by atoms with Crippen LogP contribution in [0, 0.1) is 5.82 Å². The number of rotatable bonds is 4. The van der Waals surface area contributed by atoms with E-state index in [1.807, 2.05) is 16.7 Å². The molecular formula is C17H23FN2O2S. The number of aliphatic hydroxyl groups excluding tert-OH is 1. The Morgan fingerprint density at radius 1 is 1.35 bits per heavy atom. The van der Waals surface area contributed by atoms with Crippen LogP contribution in [0.25, 0.3) is 0 Å². The maximum Gasteiger partial charge on any atom is 0.239 e. The summed E-state index contributed by atoms with van der Waals surface area (Å²) in [6.45, 7) is 2.83. The van der Waals surface area contributed by atoms with Gasteiger partial charge in [-0.25, -0.2) is 4.39 Å². The molecule has 0 bridgehead atoms. The van der Waals surface area contributed by atoms with Gasteiger partial charge in [0.2, 0.25) is 5.91 Å². The first-order chi connectivity index (χ1) is 11.1. The Morgan fingerprint density at radius 3 is 2.87 bits per heavy atom. The van der Waals surface area contributed by atoms with Gasteiger partial charge in [0.25, 0.3) is 0 Å². The summed E-state index contributed by atoms with van der Waals surface area (Å²) in [6, 6.07) is 5.92. The monoisotopic (exact) mass is 338 g/mol. The van der Waals surface area contributed by atoms with E-state index in [0.29, 0.717) is 12.1 Å². The summed E-state index contributed by atoms with van der Waals surface area (Å²) in [4.78, 5) is 16.7. The molecule has 2 aliphatic rings. The van der Waals surface area contributed by atoms with Crippen molar-refractivity contribution in [2.24, 2.45) is 0 Å². The van der Waals surface area contributed by atoms with Crippen molar-refractivity contribution in [3.63, 3.8) is 0 Å². The van der Waals surface area contributed by atoms with E-state index in [4.69, 9.17) is 0 Å². The highest BCUT2D eigenvalue weighted by Gasteiger charge is 2.35. The van der Waals surface area contributed by atoms with Crippen molar-refractivity contribution in [2.75, 3.05) is 37.7 Å². The molecule has 0 aromatic heterocycles. The van der Waals surface area contributed by atoms with Gasteiger partial charge in [-0.05, 0) is 37.1 Å². The standard InChI is InChI=1S/C17H23FN2O2S/c18-14-4-1-3-13(11-14)16(21)12-20-6-2-5-15(20)17(22)19-7-9-23-10-8-19/h1,3-4,11,15-16,21H,2,5-10,12H2/t15-,16+/m1/s1. The zero-order valence-electron chi connectivity index (χ0n) is 13.2. The van der Waals surface area contributed by atoms with Crippen molar-refractivity contribution < 1.29 is 14.3 Å². The largest absolute Gasteiger partial charge is 0.387 e. The molecule has 0 radical (unpaired) electrons. The molecule has 1 aromatic carbocycles. The summed E-state index contributed by atoms with van der Waals surface area (Å²) in [5.74, 6) is 1.85. The van der Waals surface area contributed by atoms with Crippen LogP contribution in [0.5, 0.6) is 0 Å². The molecule has 0 aliphatic carbocycles. The lowest BCUT2D eigenvalue weighted by Gasteiger charge is -2.33. The summed E-state index contributed by atoms with van der Waals surface area (Å²) < 4.78 is 13.3. The SMILES string of the molecule is O=C([C@H]1CCCN1C[C@H](O)c1cccc(F)c1)N1CCSCC1. The van der Waals surface area contributed by atoms with E-state index in [-0.39, 0.29) is 17.8 Å². The fourth-order valence-electron chi connectivity index (χ4n) is 3.36. The topological polar surface area (TPSA) is 43.8 Å². The number of carbonyl (C=O) groups excluding carboxylic acids is 1. The summed E-state index contributed by atoms with van der Waals surface area (Å²) in [6.07, 6.45) is 1.05. The number of thioether (sulfide) groups is 1. The molecule has 1 aromatic rings. The second-order valence-electron chi connectivity index (χ2n) is 6.16. The first kappa shape index (κ1) is 16.7. The lowest BCUT2D eigenvalue weighted by molar-refractivity contribution is -0.136. The number of benzene rings is 1. The molecule has 0 spiro atoms. The van der Waals surface area contributed by atoms with Crippen molar-refractivity contribution in [1.82, 2.24) is 9.80 Å². The fourth-order valence-corrected chi connectivity index (χ4v) is 4.26. The van der Waals surface area contributed by atoms with E-state index in [1.165, 1.54) is 12.1 Å². The predicted octanol–water partition coefficient (Wildman–Crippen LogP) is 1.90. The number of carbonyl (C=O) groups is 1. The van der Waals surface area contributed by atoms with E-state index in [2.05, 4.69) is 4.90 Å². The van der Waals surface area contributed by atoms with E-state index >= 15 is 0 Å². The number of likely N-dealkylation sites (tertiary alicyclic amines) is 1. The summed E-state index contributed by atoms with van der Waals surface area (Å²) >= 11 is 1.89. The maximum absolute atomic E-state index is 13.3. The van der Waals surface area contributed by atoms with Gasteiger partial charge in [0, 0.05) is 31.1 Å². The van der Waals surface area contributed by atoms with Crippen LogP contribution < -0.4 is 0 Å². The van der Waals surface area contributed by atoms with Gasteiger partial charge in [-0.2, -0.15) is 11.8 Å². The molecular weight excluding hydrogens is 315 g/mol. The Labute approximate surface area is 140 Å². The first-order valence-electron chi connectivity index (χ1n) is 8.19. The summed E-state index contributed by atoms with van der Waals surface area (Å²) in [5, 5.41) is 10.4. The van der Waals surface area contributed by atoms with Crippen LogP contribution in [0.4, 0.5) is 4.39 Å². The quantitative estimate of drug-likeness (QED) is 0.911. The molecule has 2 saturated heterocycles. The number of hydrogen-bond acceptors (Lipinski definition) is 4. The van der Waals surface area contributed by atoms with Crippen LogP contribution in [0.3, 0.4) is 0 Å². The zero-order chi connectivity index (χ0) is 16.2. The summed E-state index contributed by atoms with van der Waals surface area (Å²) in [7, 11) is 0. The minimum Gasteiger partial charge on any atom is -0.387 e. The number of β-amino-alcohol motifs (C(OH)–C–C–N with tert-alkyl or cyclic N) is 1. The third-order valence-electron chi connectivity index (χ3n) is 4.61. The maximum atomic E-state index is 13.3. The van der Waals surface area contributed by atoms with Crippen LogP contribution in [-0.4, -0.2) is 64.5 Å². The smallest absolute Gasteiger partial charge is 0.239 e. The third-order valence-corrected chi connectivity index (χ3v) is 5.55. The Kier molecular flexibility index (Phi) is 5.56. The van der Waals surface area contributed by atoms with Crippen molar-refractivity contribution >= 4 is 17.7 Å². The average Bonchev–Trinajstić information content (AvgIpc) is 3.03. The van der Waals surface area contributed by atoms with E-state index in [9.17, 15) is 14.3 Å². The Bertz CT molecular complexity index is 551. The Balaban J connectivity index is 1.63. The predicted molar refractivity (Wildman–Crippen MR) is 89.9 cm³/mol. The number of nitrogens with zero attached hydrogens (tertiary/aromatic N) is 2. The van der Waals surface area contributed by atoms with Crippen molar-refractivity contribution in [3.8, 4) is 0 Å². The minimum atomic E-state index is -0.768. The molecule has 0 unspecified atom stereocenters. The van der Waals surface area contributed by atoms with Gasteiger partial charge in [-0.3, -0.25) is 9.69 Å². The highest BCUT2D eigenvalue weighted by atomic mass is 32.2. The molecule has 1 N–H and O–H groups in total. The normalized spacial score (nSPS) is 23.9. The third kappa shape index (κ3) is 4.05. The van der Waals surface area contributed by atoms with E-state index in [1.54, 1.807) is 12.1 Å². The molecule has 23 heavy (non-hydrogen) atoms. The summed E-state index contributed by atoms with van der Waals surface area (Å²) in [5.41, 5.74) is 0.567. The van der Waals surface area contributed by atoms with E-state index < -0.39 is 6.10 Å². The first-order valence-corrected chi connectivity index (χ1v) is 9.35. The lowest BCUT2D eigenvalue weighted by atomic mass is 10.1. The Hall–Kier alpha value is -1.11. The number of amides is 1. The molecule has 2 atom stereocenters. The molecule has 3 rings (SSSR count). The molecule has 2 fully saturated rings. The van der Waals surface area contributed by atoms with E-state index in [0.717, 1.165) is 44.0 Å². The van der Waals surface area contributed by atoms with Gasteiger partial charge in [0.05, 0.1) is 12.1 Å². The van der Waals surface area contributed by atoms with Crippen molar-refractivity contribution in [1.29, 1.82) is 0 Å². The number of aliphatic hydroxyl groups is 1. The highest BCUT2D eigenvalue weighted by molar-refractivity contribution is 7.99. The number of halogens is 1. The Morgan fingerprint density at radius 2 is 2.13 bits per heavy atom. The molecule has 126 valence electrons. The van der Waals surface area contributed by atoms with Gasteiger partial charge in [0.1, 0.15) is 5.82 Å². The average molecular weight is 338 g/mol. The van der Waals surface area contributed by atoms with Crippen LogP contribution in [0.1, 0.15) is 24.5 Å². The van der Waals surface area contributed by atoms with Gasteiger partial charge in [-0.1, -0.05) is 12.1 Å². The van der Waals surface area contributed by atoms with Crippen LogP contribution in [0.15, 0.2) is 24.3 Å². The van der Waals surface area contributed by atoms with Gasteiger partial charge >= 0.3 is 0 Å². The molecule has 1 amide bonds. The van der Waals surface area contributed by atoms with Crippen molar-refractivity contribution in [2.45, 2.75) is 25.0 Å². The molecule has 6 heteroatoms. The van der Waals surface area contributed by atoms with Crippen molar-refractivity contribution in [3.05, 3.63) is 35.6 Å². The molecule has 4 nitrogen and oxygen atoms in total. The zero-order valence-corrected chi connectivity index (χ0v) is 14.0. The number of hydrogen-bond donors (Lipinski definition) is 1. The second kappa shape index (κ2) is 7.64. The fraction of sp³-hybridized carbons (Fsp3) is 0.588. The highest BCUT2D eigenvalue weighted by Crippen LogP contribution is 2.24. The minimum absolute atomic E-state index is 0.138.